The average molecular weight is 681 g/mol. The van der Waals surface area contributed by atoms with E-state index in [-0.39, 0.29) is 28.9 Å². The molecule has 2 saturated carbocycles. The van der Waals surface area contributed by atoms with Crippen LogP contribution >= 0.6 is 0 Å². The van der Waals surface area contributed by atoms with Crippen LogP contribution in [0, 0.1) is 34.4 Å². The van der Waals surface area contributed by atoms with Gasteiger partial charge in [0.25, 0.3) is 5.88 Å². The molecule has 50 heavy (non-hydrogen) atoms. The number of nitriles is 1. The molecule has 2 aliphatic carbocycles. The molecule has 0 radical (unpaired) electrons. The molecule has 1 aromatic carbocycles. The Kier molecular flexibility index (Phi) is 8.63. The van der Waals surface area contributed by atoms with Crippen LogP contribution in [-0.4, -0.2) is 110 Å². The molecule has 0 bridgehead atoms. The van der Waals surface area contributed by atoms with Gasteiger partial charge < -0.3 is 14.5 Å². The van der Waals surface area contributed by atoms with Gasteiger partial charge in [-0.05, 0) is 62.1 Å². The van der Waals surface area contributed by atoms with Crippen molar-refractivity contribution in [2.75, 3.05) is 57.3 Å². The number of rotatable bonds is 9. The van der Waals surface area contributed by atoms with Gasteiger partial charge in [0.15, 0.2) is 5.82 Å². The monoisotopic (exact) mass is 680 g/mol. The van der Waals surface area contributed by atoms with E-state index in [2.05, 4.69) is 53.7 Å². The number of ether oxygens (including phenoxy) is 1. The van der Waals surface area contributed by atoms with Crippen LogP contribution in [0.25, 0.3) is 11.1 Å². The van der Waals surface area contributed by atoms with Crippen LogP contribution < -0.4 is 9.64 Å². The molecule has 5 heterocycles. The Morgan fingerprint density at radius 3 is 2.54 bits per heavy atom. The minimum absolute atomic E-state index is 0.102. The molecule has 0 N–H and O–H groups in total. The van der Waals surface area contributed by atoms with Crippen molar-refractivity contribution in [2.24, 2.45) is 17.3 Å². The van der Waals surface area contributed by atoms with Crippen molar-refractivity contribution in [1.82, 2.24) is 39.8 Å². The lowest BCUT2D eigenvalue weighted by molar-refractivity contribution is -0.132. The normalized spacial score (nSPS) is 24.2. The van der Waals surface area contributed by atoms with Crippen LogP contribution in [0.4, 0.5) is 10.2 Å². The summed E-state index contributed by atoms with van der Waals surface area (Å²) in [4.78, 5) is 34.6. The lowest BCUT2D eigenvalue weighted by atomic mass is 9.68. The lowest BCUT2D eigenvalue weighted by Crippen LogP contribution is -2.66. The molecule has 1 unspecified atom stereocenters. The fraction of sp³-hybridized carbons (Fsp3) is 0.595. The number of amides is 1. The van der Waals surface area contributed by atoms with Crippen LogP contribution in [0.5, 0.6) is 11.6 Å². The number of aromatic nitrogens is 5. The van der Waals surface area contributed by atoms with Crippen molar-refractivity contribution in [2.45, 2.75) is 70.9 Å². The summed E-state index contributed by atoms with van der Waals surface area (Å²) in [5.74, 6) is 2.71. The van der Waals surface area contributed by atoms with Gasteiger partial charge in [0.1, 0.15) is 24.0 Å². The number of nitrogens with zero attached hydrogens (tertiary/aromatic N) is 10. The molecule has 1 spiro atoms. The van der Waals surface area contributed by atoms with Gasteiger partial charge in [-0.25, -0.2) is 19.3 Å². The first-order valence-electron chi connectivity index (χ1n) is 18.1. The first-order chi connectivity index (χ1) is 24.2. The Bertz CT molecular complexity index is 1790. The van der Waals surface area contributed by atoms with E-state index in [1.807, 2.05) is 11.0 Å². The van der Waals surface area contributed by atoms with Gasteiger partial charge >= 0.3 is 0 Å². The summed E-state index contributed by atoms with van der Waals surface area (Å²) < 4.78 is 21.1. The molecule has 1 atom stereocenters. The molecule has 3 aliphatic heterocycles. The highest BCUT2D eigenvalue weighted by Crippen LogP contribution is 2.49. The Hall–Kier alpha value is -4.28. The van der Waals surface area contributed by atoms with E-state index < -0.39 is 5.82 Å². The van der Waals surface area contributed by atoms with Gasteiger partial charge in [-0.15, -0.1) is 10.2 Å². The van der Waals surface area contributed by atoms with Gasteiger partial charge in [-0.1, -0.05) is 13.8 Å². The van der Waals surface area contributed by atoms with Gasteiger partial charge in [0.2, 0.25) is 11.7 Å². The molecule has 8 rings (SSSR count). The molecular weight excluding hydrogens is 635 g/mol. The zero-order valence-electron chi connectivity index (χ0n) is 29.1. The largest absolute Gasteiger partial charge is 0.434 e. The van der Waals surface area contributed by atoms with Crippen molar-refractivity contribution in [3.8, 4) is 28.8 Å². The Morgan fingerprint density at radius 1 is 1.06 bits per heavy atom. The van der Waals surface area contributed by atoms with Crippen LogP contribution in [0.1, 0.15) is 70.3 Å². The fourth-order valence-electron chi connectivity index (χ4n) is 9.05. The van der Waals surface area contributed by atoms with E-state index in [0.717, 1.165) is 77.3 Å². The number of benzene rings is 1. The Labute approximate surface area is 292 Å². The molecule has 3 aromatic rings. The van der Waals surface area contributed by atoms with Crippen molar-refractivity contribution in [3.63, 3.8) is 0 Å². The summed E-state index contributed by atoms with van der Waals surface area (Å²) in [6.45, 7) is 13.9. The molecule has 12 nitrogen and oxygen atoms in total. The van der Waals surface area contributed by atoms with Gasteiger partial charge in [0, 0.05) is 100 Å². The Balaban J connectivity index is 0.934. The number of carbonyl (C=O) groups excluding carboxylic acids is 1. The second kappa shape index (κ2) is 13.1. The number of anilines is 1. The second-order valence-corrected chi connectivity index (χ2v) is 15.4. The summed E-state index contributed by atoms with van der Waals surface area (Å²) in [7, 11) is 0. The Morgan fingerprint density at radius 2 is 1.84 bits per heavy atom. The lowest BCUT2D eigenvalue weighted by Gasteiger charge is -2.58. The van der Waals surface area contributed by atoms with Crippen LogP contribution in [0.2, 0.25) is 0 Å². The number of carbonyl (C=O) groups is 1. The van der Waals surface area contributed by atoms with Crippen molar-refractivity contribution < 1.29 is 13.9 Å². The van der Waals surface area contributed by atoms with E-state index in [1.54, 1.807) is 19.2 Å². The SMILES string of the molecule is CC(=O)N1CCN(C2CC(C(C(C)C)N3CC4(CCN(c5ncnnc5Oc5ccc(F)cc5-c5cnc(C#N)nc5C5CC5)C4)C3)C2)CC1. The molecule has 1 amide bonds. The maximum absolute atomic E-state index is 14.7. The number of piperazine rings is 1. The summed E-state index contributed by atoms with van der Waals surface area (Å²) in [5, 5.41) is 17.8. The fourth-order valence-corrected chi connectivity index (χ4v) is 9.05. The maximum Gasteiger partial charge on any atom is 0.282 e. The smallest absolute Gasteiger partial charge is 0.282 e. The van der Waals surface area contributed by atoms with E-state index in [1.165, 1.54) is 31.3 Å². The second-order valence-electron chi connectivity index (χ2n) is 15.4. The van der Waals surface area contributed by atoms with E-state index in [4.69, 9.17) is 4.74 Å². The van der Waals surface area contributed by atoms with E-state index in [0.29, 0.717) is 46.6 Å². The molecule has 5 fully saturated rings. The van der Waals surface area contributed by atoms with Crippen LogP contribution in [0.15, 0.2) is 30.7 Å². The molecule has 5 aliphatic rings. The summed E-state index contributed by atoms with van der Waals surface area (Å²) in [5.41, 5.74) is 2.10. The van der Waals surface area contributed by atoms with Crippen molar-refractivity contribution in [1.29, 1.82) is 5.26 Å². The highest BCUT2D eigenvalue weighted by molar-refractivity contribution is 5.74. The molecule has 3 saturated heterocycles. The number of halogens is 1. The van der Waals surface area contributed by atoms with E-state index >= 15 is 0 Å². The topological polar surface area (TPSA) is 128 Å². The highest BCUT2D eigenvalue weighted by atomic mass is 19.1. The van der Waals surface area contributed by atoms with Crippen molar-refractivity contribution >= 4 is 11.7 Å². The summed E-state index contributed by atoms with van der Waals surface area (Å²) in [6.07, 6.45) is 8.53. The summed E-state index contributed by atoms with van der Waals surface area (Å²) >= 11 is 0. The van der Waals surface area contributed by atoms with Gasteiger partial charge in [0.05, 0.1) is 5.69 Å². The zero-order chi connectivity index (χ0) is 34.6. The predicted octanol–water partition coefficient (Wildman–Crippen LogP) is 4.49. The number of likely N-dealkylation sites (tertiary alicyclic amines) is 1. The molecule has 2 aromatic heterocycles. The third-order valence-electron chi connectivity index (χ3n) is 11.7. The van der Waals surface area contributed by atoms with E-state index in [9.17, 15) is 14.4 Å². The first-order valence-corrected chi connectivity index (χ1v) is 18.1. The van der Waals surface area contributed by atoms with Crippen LogP contribution in [0.3, 0.4) is 0 Å². The third kappa shape index (κ3) is 6.28. The minimum atomic E-state index is -0.406. The minimum Gasteiger partial charge on any atom is -0.434 e. The number of hydrogen-bond donors (Lipinski definition) is 0. The van der Waals surface area contributed by atoms with Crippen molar-refractivity contribution in [3.05, 3.63) is 48.1 Å². The number of hydrogen-bond acceptors (Lipinski definition) is 11. The third-order valence-corrected chi connectivity index (χ3v) is 11.7. The van der Waals surface area contributed by atoms with Crippen LogP contribution in [-0.2, 0) is 4.79 Å². The standard InChI is InChI=1S/C37H45FN10O2/c1-23(2)34(26-14-28(15-26)46-12-10-45(11-13-46)24(3)49)48-20-37(21-48)8-9-47(19-37)35-36(44-42-22-41-35)50-31-7-6-27(38)16-29(31)30-18-40-32(17-39)43-33(30)25-4-5-25/h6-7,16,18,22-23,25-26,28,34H,4-5,8-15,19-21H2,1-3H3. The average Bonchev–Trinajstić information content (AvgIpc) is 3.84. The van der Waals surface area contributed by atoms with Gasteiger partial charge in [-0.2, -0.15) is 5.26 Å². The first kappa shape index (κ1) is 32.9. The molecule has 262 valence electrons. The molecule has 13 heteroatoms. The predicted molar refractivity (Wildman–Crippen MR) is 184 cm³/mol. The highest BCUT2D eigenvalue weighted by Gasteiger charge is 2.53. The van der Waals surface area contributed by atoms with Gasteiger partial charge in [-0.3, -0.25) is 14.6 Å². The molecular formula is C37H45FN10O2. The zero-order valence-corrected chi connectivity index (χ0v) is 29.1. The quantitative estimate of drug-likeness (QED) is 0.317. The maximum atomic E-state index is 14.7. The summed E-state index contributed by atoms with van der Waals surface area (Å²) in [6, 6.07) is 7.62.